The standard InChI is InChI=1S/C11H7FN4/c12-8-1-2-11-10(7-8)14-15-16(11)9-3-5-13-6-4-9/h1-7H. The number of fused-ring (bicyclic) bond motifs is 1. The summed E-state index contributed by atoms with van der Waals surface area (Å²) in [5.41, 5.74) is 2.16. The first-order valence-electron chi connectivity index (χ1n) is 4.76. The highest BCUT2D eigenvalue weighted by atomic mass is 19.1. The van der Waals surface area contributed by atoms with Crippen LogP contribution in [0.3, 0.4) is 0 Å². The van der Waals surface area contributed by atoms with E-state index in [0.717, 1.165) is 11.2 Å². The summed E-state index contributed by atoms with van der Waals surface area (Å²) in [6.07, 6.45) is 3.35. The Morgan fingerprint density at radius 2 is 1.88 bits per heavy atom. The maximum absolute atomic E-state index is 13.0. The molecule has 0 radical (unpaired) electrons. The van der Waals surface area contributed by atoms with E-state index >= 15 is 0 Å². The maximum Gasteiger partial charge on any atom is 0.125 e. The lowest BCUT2D eigenvalue weighted by Gasteiger charge is -2.00. The molecule has 0 aliphatic heterocycles. The van der Waals surface area contributed by atoms with Crippen molar-refractivity contribution in [3.63, 3.8) is 0 Å². The van der Waals surface area contributed by atoms with Crippen LogP contribution in [-0.4, -0.2) is 20.0 Å². The van der Waals surface area contributed by atoms with Crippen molar-refractivity contribution in [2.75, 3.05) is 0 Å². The van der Waals surface area contributed by atoms with E-state index in [-0.39, 0.29) is 5.82 Å². The van der Waals surface area contributed by atoms with Crippen molar-refractivity contribution in [1.82, 2.24) is 20.0 Å². The summed E-state index contributed by atoms with van der Waals surface area (Å²) in [5, 5.41) is 7.89. The van der Waals surface area contributed by atoms with Gasteiger partial charge >= 0.3 is 0 Å². The fourth-order valence-corrected chi connectivity index (χ4v) is 1.57. The first-order valence-corrected chi connectivity index (χ1v) is 4.76. The van der Waals surface area contributed by atoms with Crippen LogP contribution in [-0.2, 0) is 0 Å². The lowest BCUT2D eigenvalue weighted by molar-refractivity contribution is 0.629. The second kappa shape index (κ2) is 3.37. The van der Waals surface area contributed by atoms with Crippen LogP contribution in [0.25, 0.3) is 16.7 Å². The predicted molar refractivity (Wildman–Crippen MR) is 56.6 cm³/mol. The highest BCUT2D eigenvalue weighted by Crippen LogP contribution is 2.16. The lowest BCUT2D eigenvalue weighted by Crippen LogP contribution is -1.96. The molecular formula is C11H7FN4. The van der Waals surface area contributed by atoms with E-state index in [1.807, 2.05) is 12.1 Å². The van der Waals surface area contributed by atoms with Gasteiger partial charge in [-0.05, 0) is 24.3 Å². The lowest BCUT2D eigenvalue weighted by atomic mass is 10.3. The van der Waals surface area contributed by atoms with Gasteiger partial charge in [-0.1, -0.05) is 5.21 Å². The SMILES string of the molecule is Fc1ccc2c(c1)nnn2-c1ccncc1. The molecule has 0 unspecified atom stereocenters. The number of nitrogens with zero attached hydrogens (tertiary/aromatic N) is 4. The third kappa shape index (κ3) is 1.33. The summed E-state index contributed by atoms with van der Waals surface area (Å²) < 4.78 is 14.6. The van der Waals surface area contributed by atoms with Gasteiger partial charge < -0.3 is 0 Å². The Kier molecular flexibility index (Phi) is 1.89. The topological polar surface area (TPSA) is 43.6 Å². The number of hydrogen-bond acceptors (Lipinski definition) is 3. The largest absolute Gasteiger partial charge is 0.265 e. The van der Waals surface area contributed by atoms with Gasteiger partial charge in [0.2, 0.25) is 0 Å². The Morgan fingerprint density at radius 3 is 2.69 bits per heavy atom. The summed E-state index contributed by atoms with van der Waals surface area (Å²) in [7, 11) is 0. The van der Waals surface area contributed by atoms with Crippen LogP contribution in [0.2, 0.25) is 0 Å². The first-order chi connectivity index (χ1) is 7.84. The average Bonchev–Trinajstić information content (AvgIpc) is 2.73. The third-order valence-electron chi connectivity index (χ3n) is 2.31. The molecular weight excluding hydrogens is 207 g/mol. The second-order valence-electron chi connectivity index (χ2n) is 3.34. The summed E-state index contributed by atoms with van der Waals surface area (Å²) in [4.78, 5) is 3.93. The minimum absolute atomic E-state index is 0.311. The quantitative estimate of drug-likeness (QED) is 0.621. The van der Waals surface area contributed by atoms with Gasteiger partial charge in [0.05, 0.1) is 11.2 Å². The zero-order chi connectivity index (χ0) is 11.0. The third-order valence-corrected chi connectivity index (χ3v) is 2.31. The molecule has 0 bridgehead atoms. The molecule has 0 fully saturated rings. The normalized spacial score (nSPS) is 10.8. The minimum atomic E-state index is -0.311. The molecule has 5 heteroatoms. The molecule has 0 atom stereocenters. The van der Waals surface area contributed by atoms with E-state index in [0.29, 0.717) is 5.52 Å². The number of benzene rings is 1. The summed E-state index contributed by atoms with van der Waals surface area (Å²) in [6.45, 7) is 0. The Morgan fingerprint density at radius 1 is 1.06 bits per heavy atom. The van der Waals surface area contributed by atoms with Crippen molar-refractivity contribution in [2.24, 2.45) is 0 Å². The number of aromatic nitrogens is 4. The second-order valence-corrected chi connectivity index (χ2v) is 3.34. The van der Waals surface area contributed by atoms with Gasteiger partial charge in [-0.25, -0.2) is 9.07 Å². The number of halogens is 1. The van der Waals surface area contributed by atoms with Crippen LogP contribution < -0.4 is 0 Å². The Labute approximate surface area is 90.4 Å². The van der Waals surface area contributed by atoms with Crippen molar-refractivity contribution in [1.29, 1.82) is 0 Å². The molecule has 78 valence electrons. The Balaban J connectivity index is 2.26. The number of hydrogen-bond donors (Lipinski definition) is 0. The Bertz CT molecular complexity index is 633. The molecule has 0 saturated carbocycles. The van der Waals surface area contributed by atoms with E-state index in [1.165, 1.54) is 12.1 Å². The van der Waals surface area contributed by atoms with Crippen LogP contribution in [0.1, 0.15) is 0 Å². The van der Waals surface area contributed by atoms with Gasteiger partial charge in [0.25, 0.3) is 0 Å². The molecule has 0 aliphatic rings. The number of rotatable bonds is 1. The van der Waals surface area contributed by atoms with Crippen molar-refractivity contribution in [2.45, 2.75) is 0 Å². The van der Waals surface area contributed by atoms with Crippen molar-refractivity contribution < 1.29 is 4.39 Å². The zero-order valence-electron chi connectivity index (χ0n) is 8.21. The van der Waals surface area contributed by atoms with Gasteiger partial charge in [0, 0.05) is 18.5 Å². The average molecular weight is 214 g/mol. The summed E-state index contributed by atoms with van der Waals surface area (Å²) in [5.74, 6) is -0.311. The van der Waals surface area contributed by atoms with Crippen LogP contribution >= 0.6 is 0 Å². The monoisotopic (exact) mass is 214 g/mol. The zero-order valence-corrected chi connectivity index (χ0v) is 8.21. The van der Waals surface area contributed by atoms with E-state index in [9.17, 15) is 4.39 Å². The summed E-state index contributed by atoms with van der Waals surface area (Å²) >= 11 is 0. The molecule has 3 aromatic rings. The molecule has 16 heavy (non-hydrogen) atoms. The van der Waals surface area contributed by atoms with Crippen LogP contribution in [0.4, 0.5) is 4.39 Å². The molecule has 2 aromatic heterocycles. The fraction of sp³-hybridized carbons (Fsp3) is 0. The minimum Gasteiger partial charge on any atom is -0.265 e. The fourth-order valence-electron chi connectivity index (χ4n) is 1.57. The molecule has 0 aliphatic carbocycles. The van der Waals surface area contributed by atoms with Crippen LogP contribution in [0.5, 0.6) is 0 Å². The molecule has 3 rings (SSSR count). The van der Waals surface area contributed by atoms with Crippen LogP contribution in [0.15, 0.2) is 42.7 Å². The van der Waals surface area contributed by atoms with E-state index in [2.05, 4.69) is 15.3 Å². The Hall–Kier alpha value is -2.30. The maximum atomic E-state index is 13.0. The first kappa shape index (κ1) is 8.96. The summed E-state index contributed by atoms with van der Waals surface area (Å²) in [6, 6.07) is 8.05. The molecule has 0 amide bonds. The van der Waals surface area contributed by atoms with Gasteiger partial charge in [-0.15, -0.1) is 5.10 Å². The van der Waals surface area contributed by atoms with Gasteiger partial charge in [-0.3, -0.25) is 4.98 Å². The molecule has 4 nitrogen and oxygen atoms in total. The van der Waals surface area contributed by atoms with E-state index < -0.39 is 0 Å². The van der Waals surface area contributed by atoms with E-state index in [1.54, 1.807) is 23.1 Å². The molecule has 2 heterocycles. The van der Waals surface area contributed by atoms with Gasteiger partial charge in [0.15, 0.2) is 0 Å². The molecule has 1 aromatic carbocycles. The highest BCUT2D eigenvalue weighted by molar-refractivity contribution is 5.75. The van der Waals surface area contributed by atoms with Crippen molar-refractivity contribution in [3.8, 4) is 5.69 Å². The van der Waals surface area contributed by atoms with Crippen LogP contribution in [0, 0.1) is 5.82 Å². The molecule has 0 N–H and O–H groups in total. The highest BCUT2D eigenvalue weighted by Gasteiger charge is 2.06. The van der Waals surface area contributed by atoms with E-state index in [4.69, 9.17) is 0 Å². The molecule has 0 saturated heterocycles. The predicted octanol–water partition coefficient (Wildman–Crippen LogP) is 1.95. The smallest absolute Gasteiger partial charge is 0.125 e. The van der Waals surface area contributed by atoms with Gasteiger partial charge in [-0.2, -0.15) is 0 Å². The number of pyridine rings is 1. The van der Waals surface area contributed by atoms with Crippen molar-refractivity contribution >= 4 is 11.0 Å². The van der Waals surface area contributed by atoms with Crippen molar-refractivity contribution in [3.05, 3.63) is 48.5 Å². The molecule has 0 spiro atoms. The van der Waals surface area contributed by atoms with Gasteiger partial charge in [0.1, 0.15) is 11.3 Å².